The predicted molar refractivity (Wildman–Crippen MR) is 80.3 cm³/mol. The summed E-state index contributed by atoms with van der Waals surface area (Å²) in [7, 11) is 0. The number of rotatable bonds is 5. The number of nitrogens with zero attached hydrogens (tertiary/aromatic N) is 1. The van der Waals surface area contributed by atoms with E-state index in [1.807, 2.05) is 13.8 Å². The van der Waals surface area contributed by atoms with Gasteiger partial charge in [-0.15, -0.1) is 0 Å². The minimum Gasteiger partial charge on any atom is -0.433 e. The van der Waals surface area contributed by atoms with Gasteiger partial charge in [-0.3, -0.25) is 0 Å². The molecule has 2 aromatic rings. The van der Waals surface area contributed by atoms with Crippen LogP contribution in [-0.4, -0.2) is 11.0 Å². The van der Waals surface area contributed by atoms with Gasteiger partial charge in [-0.1, -0.05) is 29.8 Å². The summed E-state index contributed by atoms with van der Waals surface area (Å²) in [5.74, 6) is -1.49. The van der Waals surface area contributed by atoms with E-state index in [2.05, 4.69) is 26.2 Å². The lowest BCUT2D eigenvalue weighted by Gasteiger charge is -2.11. The van der Waals surface area contributed by atoms with Gasteiger partial charge in [0.25, 0.3) is 5.88 Å². The van der Waals surface area contributed by atoms with Crippen molar-refractivity contribution >= 4 is 15.9 Å². The standard InChI is InChI=1S/C15H15BrF2N2O/c1-9(2)20-8-10-5-6-19-15(14(10)18)21-13-7-11(16)3-4-12(13)17/h3-7,9,20H,8H2,1-2H3. The van der Waals surface area contributed by atoms with Crippen molar-refractivity contribution in [2.24, 2.45) is 0 Å². The summed E-state index contributed by atoms with van der Waals surface area (Å²) in [4.78, 5) is 3.83. The van der Waals surface area contributed by atoms with E-state index in [0.717, 1.165) is 0 Å². The van der Waals surface area contributed by atoms with Gasteiger partial charge in [-0.2, -0.15) is 0 Å². The molecule has 0 saturated heterocycles. The van der Waals surface area contributed by atoms with E-state index in [9.17, 15) is 8.78 Å². The summed E-state index contributed by atoms with van der Waals surface area (Å²) in [5.41, 5.74) is 0.420. The van der Waals surface area contributed by atoms with E-state index in [1.165, 1.54) is 24.4 Å². The molecule has 0 aliphatic rings. The summed E-state index contributed by atoms with van der Waals surface area (Å²) < 4.78 is 33.8. The highest BCUT2D eigenvalue weighted by atomic mass is 79.9. The molecule has 0 fully saturated rings. The smallest absolute Gasteiger partial charge is 0.256 e. The summed E-state index contributed by atoms with van der Waals surface area (Å²) in [6, 6.07) is 5.99. The van der Waals surface area contributed by atoms with Gasteiger partial charge in [0, 0.05) is 28.8 Å². The third-order valence-electron chi connectivity index (χ3n) is 2.74. The Morgan fingerprint density at radius 3 is 2.76 bits per heavy atom. The fourth-order valence-corrected chi connectivity index (χ4v) is 1.98. The molecular formula is C15H15BrF2N2O. The minimum absolute atomic E-state index is 0.0789. The maximum Gasteiger partial charge on any atom is 0.256 e. The first-order valence-electron chi connectivity index (χ1n) is 6.47. The number of hydrogen-bond donors (Lipinski definition) is 1. The Morgan fingerprint density at radius 1 is 1.29 bits per heavy atom. The number of benzene rings is 1. The number of nitrogens with one attached hydrogen (secondary N) is 1. The first-order chi connectivity index (χ1) is 9.97. The molecule has 21 heavy (non-hydrogen) atoms. The largest absolute Gasteiger partial charge is 0.433 e. The van der Waals surface area contributed by atoms with E-state index in [-0.39, 0.29) is 17.7 Å². The topological polar surface area (TPSA) is 34.2 Å². The molecule has 3 nitrogen and oxygen atoms in total. The molecule has 0 aliphatic carbocycles. The summed E-state index contributed by atoms with van der Waals surface area (Å²) >= 11 is 3.21. The Bertz CT molecular complexity index is 635. The molecule has 0 saturated carbocycles. The van der Waals surface area contributed by atoms with Crippen molar-refractivity contribution in [2.45, 2.75) is 26.4 Å². The van der Waals surface area contributed by atoms with E-state index >= 15 is 0 Å². The minimum atomic E-state index is -0.593. The number of aromatic nitrogens is 1. The Hall–Kier alpha value is -1.53. The van der Waals surface area contributed by atoms with Crippen molar-refractivity contribution in [1.82, 2.24) is 10.3 Å². The van der Waals surface area contributed by atoms with Crippen molar-refractivity contribution in [2.75, 3.05) is 0 Å². The molecule has 0 amide bonds. The maximum absolute atomic E-state index is 14.3. The van der Waals surface area contributed by atoms with Crippen molar-refractivity contribution in [3.8, 4) is 11.6 Å². The summed E-state index contributed by atoms with van der Waals surface area (Å²) in [6.07, 6.45) is 1.44. The van der Waals surface area contributed by atoms with E-state index in [4.69, 9.17) is 4.74 Å². The summed E-state index contributed by atoms with van der Waals surface area (Å²) in [5, 5.41) is 3.11. The highest BCUT2D eigenvalue weighted by Crippen LogP contribution is 2.28. The molecule has 1 aromatic carbocycles. The second-order valence-corrected chi connectivity index (χ2v) is 5.72. The molecule has 6 heteroatoms. The Labute approximate surface area is 130 Å². The highest BCUT2D eigenvalue weighted by Gasteiger charge is 2.14. The van der Waals surface area contributed by atoms with Gasteiger partial charge in [0.15, 0.2) is 17.4 Å². The SMILES string of the molecule is CC(C)NCc1ccnc(Oc2cc(Br)ccc2F)c1F. The van der Waals surface area contributed by atoms with Gasteiger partial charge in [0.05, 0.1) is 0 Å². The molecule has 0 aliphatic heterocycles. The second kappa shape index (κ2) is 6.95. The fraction of sp³-hybridized carbons (Fsp3) is 0.267. The van der Waals surface area contributed by atoms with Gasteiger partial charge in [0.1, 0.15) is 0 Å². The zero-order chi connectivity index (χ0) is 15.4. The number of pyridine rings is 1. The van der Waals surface area contributed by atoms with Crippen LogP contribution in [0, 0.1) is 11.6 Å². The second-order valence-electron chi connectivity index (χ2n) is 4.80. The summed E-state index contributed by atoms with van der Waals surface area (Å²) in [6.45, 7) is 4.28. The van der Waals surface area contributed by atoms with Crippen LogP contribution in [-0.2, 0) is 6.54 Å². The molecule has 1 heterocycles. The Morgan fingerprint density at radius 2 is 2.05 bits per heavy atom. The monoisotopic (exact) mass is 356 g/mol. The van der Waals surface area contributed by atoms with Crippen LogP contribution in [0.5, 0.6) is 11.6 Å². The average molecular weight is 357 g/mol. The average Bonchev–Trinajstić information content (AvgIpc) is 2.43. The van der Waals surface area contributed by atoms with Crippen LogP contribution in [0.25, 0.3) is 0 Å². The molecule has 2 rings (SSSR count). The third-order valence-corrected chi connectivity index (χ3v) is 3.23. The maximum atomic E-state index is 14.3. The zero-order valence-corrected chi connectivity index (χ0v) is 13.2. The van der Waals surface area contributed by atoms with Crippen LogP contribution in [0.2, 0.25) is 0 Å². The molecule has 0 atom stereocenters. The Kier molecular flexibility index (Phi) is 5.25. The lowest BCUT2D eigenvalue weighted by atomic mass is 10.2. The van der Waals surface area contributed by atoms with E-state index in [0.29, 0.717) is 16.6 Å². The molecule has 0 radical (unpaired) electrons. The predicted octanol–water partition coefficient (Wildman–Crippen LogP) is 4.41. The van der Waals surface area contributed by atoms with Gasteiger partial charge < -0.3 is 10.1 Å². The van der Waals surface area contributed by atoms with Crippen molar-refractivity contribution < 1.29 is 13.5 Å². The lowest BCUT2D eigenvalue weighted by Crippen LogP contribution is -2.22. The van der Waals surface area contributed by atoms with Crippen LogP contribution in [0.4, 0.5) is 8.78 Å². The molecule has 1 aromatic heterocycles. The molecule has 0 unspecified atom stereocenters. The van der Waals surface area contributed by atoms with Gasteiger partial charge in [-0.05, 0) is 24.3 Å². The lowest BCUT2D eigenvalue weighted by molar-refractivity contribution is 0.393. The quantitative estimate of drug-likeness (QED) is 0.861. The highest BCUT2D eigenvalue weighted by molar-refractivity contribution is 9.10. The number of hydrogen-bond acceptors (Lipinski definition) is 3. The number of halogens is 3. The first-order valence-corrected chi connectivity index (χ1v) is 7.26. The van der Waals surface area contributed by atoms with Gasteiger partial charge in [-0.25, -0.2) is 13.8 Å². The van der Waals surface area contributed by atoms with E-state index < -0.39 is 11.6 Å². The van der Waals surface area contributed by atoms with Crippen LogP contribution < -0.4 is 10.1 Å². The molecule has 112 valence electrons. The van der Waals surface area contributed by atoms with Crippen molar-refractivity contribution in [3.63, 3.8) is 0 Å². The third kappa shape index (κ3) is 4.22. The van der Waals surface area contributed by atoms with Crippen molar-refractivity contribution in [1.29, 1.82) is 0 Å². The van der Waals surface area contributed by atoms with Crippen molar-refractivity contribution in [3.05, 3.63) is 52.1 Å². The Balaban J connectivity index is 2.24. The van der Waals surface area contributed by atoms with Crippen LogP contribution in [0.15, 0.2) is 34.9 Å². The first kappa shape index (κ1) is 15.9. The van der Waals surface area contributed by atoms with E-state index in [1.54, 1.807) is 6.07 Å². The molecule has 1 N–H and O–H groups in total. The zero-order valence-electron chi connectivity index (χ0n) is 11.7. The number of ether oxygens (including phenoxy) is 1. The normalized spacial score (nSPS) is 11.0. The fourth-order valence-electron chi connectivity index (χ4n) is 1.64. The van der Waals surface area contributed by atoms with Crippen LogP contribution in [0.1, 0.15) is 19.4 Å². The molecule has 0 spiro atoms. The van der Waals surface area contributed by atoms with Gasteiger partial charge >= 0.3 is 0 Å². The van der Waals surface area contributed by atoms with Crippen LogP contribution >= 0.6 is 15.9 Å². The van der Waals surface area contributed by atoms with Crippen LogP contribution in [0.3, 0.4) is 0 Å². The van der Waals surface area contributed by atoms with Gasteiger partial charge in [0.2, 0.25) is 0 Å². The molecular weight excluding hydrogens is 342 g/mol. The molecule has 0 bridgehead atoms.